The lowest BCUT2D eigenvalue weighted by Gasteiger charge is -2.05. The van der Waals surface area contributed by atoms with E-state index in [1.54, 1.807) is 23.1 Å². The number of hydrogen-bond donors (Lipinski definition) is 2. The van der Waals surface area contributed by atoms with Crippen LogP contribution in [-0.4, -0.2) is 22.2 Å². The van der Waals surface area contributed by atoms with Crippen molar-refractivity contribution in [2.24, 2.45) is 5.73 Å². The third kappa shape index (κ3) is 3.98. The van der Waals surface area contributed by atoms with Crippen molar-refractivity contribution in [1.29, 1.82) is 0 Å². The summed E-state index contributed by atoms with van der Waals surface area (Å²) < 4.78 is 1.56. The summed E-state index contributed by atoms with van der Waals surface area (Å²) in [7, 11) is 0. The third-order valence-corrected chi connectivity index (χ3v) is 2.35. The summed E-state index contributed by atoms with van der Waals surface area (Å²) in [4.78, 5) is 11.8. The van der Waals surface area contributed by atoms with Crippen LogP contribution in [-0.2, 0) is 11.3 Å². The number of carbonyl (C=O) groups is 1. The highest BCUT2D eigenvalue weighted by Crippen LogP contribution is 2.09. The summed E-state index contributed by atoms with van der Waals surface area (Å²) in [5.74, 6) is 5.56. The molecule has 0 saturated carbocycles. The molecule has 0 atom stereocenters. The summed E-state index contributed by atoms with van der Waals surface area (Å²) in [5.41, 5.74) is 6.85. The maximum Gasteiger partial charge on any atom is 0.246 e. The van der Waals surface area contributed by atoms with Crippen LogP contribution in [0.5, 0.6) is 0 Å². The molecule has 1 heterocycles. The standard InChI is InChI=1S/C14H14N4O/c15-7-2-5-12-4-1-6-13(10-12)17-14(19)11-18-9-3-8-16-18/h1,3-4,6,8-10H,7,11,15H2,(H,17,19). The van der Waals surface area contributed by atoms with Crippen LogP contribution in [0.3, 0.4) is 0 Å². The van der Waals surface area contributed by atoms with Gasteiger partial charge >= 0.3 is 0 Å². The Labute approximate surface area is 111 Å². The Morgan fingerprint density at radius 3 is 3.05 bits per heavy atom. The lowest BCUT2D eigenvalue weighted by molar-refractivity contribution is -0.116. The minimum absolute atomic E-state index is 0.132. The van der Waals surface area contributed by atoms with Crippen LogP contribution in [0.2, 0.25) is 0 Å². The lowest BCUT2D eigenvalue weighted by atomic mass is 10.2. The largest absolute Gasteiger partial charge is 0.324 e. The molecule has 0 aliphatic rings. The van der Waals surface area contributed by atoms with E-state index >= 15 is 0 Å². The fourth-order valence-electron chi connectivity index (χ4n) is 1.57. The van der Waals surface area contributed by atoms with E-state index in [0.717, 1.165) is 5.56 Å². The maximum absolute atomic E-state index is 11.8. The lowest BCUT2D eigenvalue weighted by Crippen LogP contribution is -2.18. The summed E-state index contributed by atoms with van der Waals surface area (Å²) in [6.45, 7) is 0.502. The van der Waals surface area contributed by atoms with E-state index in [1.165, 1.54) is 0 Å². The maximum atomic E-state index is 11.8. The van der Waals surface area contributed by atoms with Gasteiger partial charge in [0.05, 0.1) is 6.54 Å². The van der Waals surface area contributed by atoms with Crippen LogP contribution >= 0.6 is 0 Å². The van der Waals surface area contributed by atoms with Crippen molar-refractivity contribution < 1.29 is 4.79 Å². The van der Waals surface area contributed by atoms with Gasteiger partial charge in [-0.1, -0.05) is 17.9 Å². The van der Waals surface area contributed by atoms with Gasteiger partial charge in [0.2, 0.25) is 5.91 Å². The SMILES string of the molecule is NCC#Cc1cccc(NC(=O)Cn2cccn2)c1. The Bertz CT molecular complexity index is 608. The van der Waals surface area contributed by atoms with Gasteiger partial charge in [-0.15, -0.1) is 0 Å². The second-order valence-electron chi connectivity index (χ2n) is 3.84. The molecule has 0 spiro atoms. The number of anilines is 1. The van der Waals surface area contributed by atoms with Crippen molar-refractivity contribution in [1.82, 2.24) is 9.78 Å². The number of hydrogen-bond acceptors (Lipinski definition) is 3. The molecule has 0 bridgehead atoms. The topological polar surface area (TPSA) is 72.9 Å². The number of nitrogens with zero attached hydrogens (tertiary/aromatic N) is 2. The molecule has 0 saturated heterocycles. The molecule has 19 heavy (non-hydrogen) atoms. The molecule has 1 amide bonds. The Morgan fingerprint density at radius 2 is 2.32 bits per heavy atom. The number of carbonyl (C=O) groups excluding carboxylic acids is 1. The number of nitrogens with two attached hydrogens (primary N) is 1. The zero-order valence-electron chi connectivity index (χ0n) is 10.3. The Hall–Kier alpha value is -2.58. The summed E-state index contributed by atoms with van der Waals surface area (Å²) >= 11 is 0. The van der Waals surface area contributed by atoms with Gasteiger partial charge in [0.1, 0.15) is 6.54 Å². The molecule has 0 radical (unpaired) electrons. The van der Waals surface area contributed by atoms with Crippen LogP contribution < -0.4 is 11.1 Å². The molecule has 3 N–H and O–H groups in total. The molecule has 5 nitrogen and oxygen atoms in total. The first kappa shape index (κ1) is 12.9. The second-order valence-corrected chi connectivity index (χ2v) is 3.84. The number of nitrogens with one attached hydrogen (secondary N) is 1. The first-order valence-electron chi connectivity index (χ1n) is 5.84. The van der Waals surface area contributed by atoms with Crippen molar-refractivity contribution in [3.8, 4) is 11.8 Å². The zero-order valence-corrected chi connectivity index (χ0v) is 10.3. The van der Waals surface area contributed by atoms with Crippen molar-refractivity contribution in [3.63, 3.8) is 0 Å². The fraction of sp³-hybridized carbons (Fsp3) is 0.143. The van der Waals surface area contributed by atoms with Gasteiger partial charge in [-0.25, -0.2) is 0 Å². The predicted molar refractivity (Wildman–Crippen MR) is 73.2 cm³/mol. The summed E-state index contributed by atoms with van der Waals surface area (Å²) in [5, 5.41) is 6.77. The Kier molecular flexibility index (Phi) is 4.32. The molecule has 2 aromatic rings. The first-order chi connectivity index (χ1) is 9.28. The number of rotatable bonds is 3. The monoisotopic (exact) mass is 254 g/mol. The van der Waals surface area contributed by atoms with Gasteiger partial charge in [0, 0.05) is 23.6 Å². The molecular weight excluding hydrogens is 240 g/mol. The molecule has 1 aromatic heterocycles. The Morgan fingerprint density at radius 1 is 1.42 bits per heavy atom. The molecule has 0 aliphatic heterocycles. The van der Waals surface area contributed by atoms with E-state index < -0.39 is 0 Å². The van der Waals surface area contributed by atoms with Crippen LogP contribution in [0, 0.1) is 11.8 Å². The molecular formula is C14H14N4O. The molecule has 5 heteroatoms. The highest BCUT2D eigenvalue weighted by Gasteiger charge is 2.03. The predicted octanol–water partition coefficient (Wildman–Crippen LogP) is 0.832. The third-order valence-electron chi connectivity index (χ3n) is 2.35. The summed E-state index contributed by atoms with van der Waals surface area (Å²) in [6, 6.07) is 9.10. The van der Waals surface area contributed by atoms with Crippen molar-refractivity contribution >= 4 is 11.6 Å². The highest BCUT2D eigenvalue weighted by atomic mass is 16.2. The van der Waals surface area contributed by atoms with E-state index in [2.05, 4.69) is 22.3 Å². The smallest absolute Gasteiger partial charge is 0.246 e. The zero-order chi connectivity index (χ0) is 13.5. The van der Waals surface area contributed by atoms with Gasteiger partial charge in [-0.05, 0) is 24.3 Å². The number of benzene rings is 1. The molecule has 2 rings (SSSR count). The summed E-state index contributed by atoms with van der Waals surface area (Å²) in [6.07, 6.45) is 3.37. The van der Waals surface area contributed by atoms with Crippen molar-refractivity contribution in [2.45, 2.75) is 6.54 Å². The van der Waals surface area contributed by atoms with E-state index in [4.69, 9.17) is 5.73 Å². The van der Waals surface area contributed by atoms with Crippen molar-refractivity contribution in [2.75, 3.05) is 11.9 Å². The minimum atomic E-state index is -0.132. The van der Waals surface area contributed by atoms with E-state index in [0.29, 0.717) is 12.2 Å². The fourth-order valence-corrected chi connectivity index (χ4v) is 1.57. The highest BCUT2D eigenvalue weighted by molar-refractivity contribution is 5.90. The molecule has 1 aromatic carbocycles. The normalized spacial score (nSPS) is 9.53. The molecule has 0 aliphatic carbocycles. The van der Waals surface area contributed by atoms with Gasteiger partial charge in [0.25, 0.3) is 0 Å². The van der Waals surface area contributed by atoms with Gasteiger partial charge < -0.3 is 11.1 Å². The molecule has 96 valence electrons. The van der Waals surface area contributed by atoms with E-state index in [1.807, 2.05) is 24.3 Å². The van der Waals surface area contributed by atoms with Gasteiger partial charge in [-0.3, -0.25) is 9.48 Å². The van der Waals surface area contributed by atoms with Gasteiger partial charge in [-0.2, -0.15) is 5.10 Å². The van der Waals surface area contributed by atoms with E-state index in [-0.39, 0.29) is 12.5 Å². The average molecular weight is 254 g/mol. The molecule has 0 fully saturated rings. The van der Waals surface area contributed by atoms with Crippen LogP contribution in [0.1, 0.15) is 5.56 Å². The quantitative estimate of drug-likeness (QED) is 0.797. The van der Waals surface area contributed by atoms with Gasteiger partial charge in [0.15, 0.2) is 0 Å². The van der Waals surface area contributed by atoms with Crippen LogP contribution in [0.25, 0.3) is 0 Å². The number of amides is 1. The van der Waals surface area contributed by atoms with E-state index in [9.17, 15) is 4.79 Å². The van der Waals surface area contributed by atoms with Crippen molar-refractivity contribution in [3.05, 3.63) is 48.3 Å². The Balaban J connectivity index is 2.00. The van der Waals surface area contributed by atoms with Crippen LogP contribution in [0.15, 0.2) is 42.7 Å². The number of aromatic nitrogens is 2. The first-order valence-corrected chi connectivity index (χ1v) is 5.84. The molecule has 0 unspecified atom stereocenters. The second kappa shape index (κ2) is 6.38. The van der Waals surface area contributed by atoms with Crippen LogP contribution in [0.4, 0.5) is 5.69 Å². The minimum Gasteiger partial charge on any atom is -0.324 e. The average Bonchev–Trinajstić information content (AvgIpc) is 2.89.